The second kappa shape index (κ2) is 4.19. The van der Waals surface area contributed by atoms with Crippen LogP contribution in [0.25, 0.3) is 11.1 Å². The van der Waals surface area contributed by atoms with Crippen LogP contribution in [-0.2, 0) is 18.4 Å². The van der Waals surface area contributed by atoms with Gasteiger partial charge in [0.15, 0.2) is 6.79 Å². The van der Waals surface area contributed by atoms with Crippen LogP contribution in [0.4, 0.5) is 5.82 Å². The Bertz CT molecular complexity index is 610. The predicted molar refractivity (Wildman–Crippen MR) is 68.4 cm³/mol. The number of aryl methyl sites for hydroxylation is 1. The summed E-state index contributed by atoms with van der Waals surface area (Å²) in [4.78, 5) is 0. The second-order valence-electron chi connectivity index (χ2n) is 4.12. The first-order valence-electron chi connectivity index (χ1n) is 5.47. The van der Waals surface area contributed by atoms with Crippen molar-refractivity contribution in [3.63, 3.8) is 0 Å². The molecular formula is C12H12ClN3O2. The molecule has 94 valence electrons. The van der Waals surface area contributed by atoms with Crippen molar-refractivity contribution >= 4 is 17.4 Å². The number of fused-ring (bicyclic) bond motifs is 1. The molecule has 0 unspecified atom stereocenters. The Kier molecular flexibility index (Phi) is 2.65. The molecule has 1 aliphatic heterocycles. The van der Waals surface area contributed by atoms with Crippen LogP contribution in [-0.4, -0.2) is 16.6 Å². The average Bonchev–Trinajstić information content (AvgIpc) is 2.69. The van der Waals surface area contributed by atoms with Gasteiger partial charge in [-0.1, -0.05) is 11.6 Å². The lowest BCUT2D eigenvalue weighted by Crippen LogP contribution is -2.11. The number of aromatic nitrogens is 2. The van der Waals surface area contributed by atoms with E-state index in [0.717, 1.165) is 22.4 Å². The zero-order chi connectivity index (χ0) is 12.7. The van der Waals surface area contributed by atoms with Gasteiger partial charge in [-0.05, 0) is 12.1 Å². The molecule has 2 N–H and O–H groups in total. The molecule has 0 aliphatic carbocycles. The van der Waals surface area contributed by atoms with Gasteiger partial charge < -0.3 is 15.2 Å². The molecule has 0 bridgehead atoms. The number of halogens is 1. The maximum absolute atomic E-state index is 6.27. The maximum Gasteiger partial charge on any atom is 0.189 e. The zero-order valence-electron chi connectivity index (χ0n) is 9.81. The first kappa shape index (κ1) is 11.4. The van der Waals surface area contributed by atoms with Gasteiger partial charge in [0.05, 0.1) is 12.8 Å². The van der Waals surface area contributed by atoms with E-state index in [-0.39, 0.29) is 6.79 Å². The van der Waals surface area contributed by atoms with Crippen LogP contribution >= 0.6 is 11.6 Å². The monoisotopic (exact) mass is 265 g/mol. The Labute approximate surface area is 109 Å². The van der Waals surface area contributed by atoms with Gasteiger partial charge in [-0.25, -0.2) is 0 Å². The second-order valence-corrected chi connectivity index (χ2v) is 4.52. The summed E-state index contributed by atoms with van der Waals surface area (Å²) in [6.07, 6.45) is 1.70. The Hall–Kier alpha value is -1.72. The first-order valence-corrected chi connectivity index (χ1v) is 5.85. The summed E-state index contributed by atoms with van der Waals surface area (Å²) in [6.45, 7) is 0.772. The smallest absolute Gasteiger partial charge is 0.189 e. The Morgan fingerprint density at radius 3 is 2.94 bits per heavy atom. The van der Waals surface area contributed by atoms with Gasteiger partial charge >= 0.3 is 0 Å². The molecule has 0 atom stereocenters. The van der Waals surface area contributed by atoms with Crippen molar-refractivity contribution in [2.45, 2.75) is 6.61 Å². The van der Waals surface area contributed by atoms with E-state index < -0.39 is 0 Å². The van der Waals surface area contributed by atoms with Crippen LogP contribution in [0.2, 0.25) is 5.02 Å². The lowest BCUT2D eigenvalue weighted by atomic mass is 10.0. The molecule has 2 heterocycles. The number of hydrogen-bond donors (Lipinski definition) is 1. The van der Waals surface area contributed by atoms with Crippen LogP contribution < -0.4 is 10.5 Å². The zero-order valence-corrected chi connectivity index (χ0v) is 10.6. The number of ether oxygens (including phenoxy) is 2. The van der Waals surface area contributed by atoms with Gasteiger partial charge in [0.2, 0.25) is 0 Å². The minimum Gasteiger partial charge on any atom is -0.467 e. The quantitative estimate of drug-likeness (QED) is 0.859. The number of benzene rings is 1. The van der Waals surface area contributed by atoms with Gasteiger partial charge in [0.25, 0.3) is 0 Å². The summed E-state index contributed by atoms with van der Waals surface area (Å²) in [5.41, 5.74) is 8.53. The van der Waals surface area contributed by atoms with Crippen molar-refractivity contribution in [2.24, 2.45) is 7.05 Å². The van der Waals surface area contributed by atoms with Gasteiger partial charge in [0, 0.05) is 28.8 Å². The Morgan fingerprint density at radius 1 is 1.39 bits per heavy atom. The number of rotatable bonds is 1. The van der Waals surface area contributed by atoms with E-state index in [9.17, 15) is 0 Å². The number of nitrogens with two attached hydrogens (primary N) is 1. The molecule has 0 saturated carbocycles. The molecule has 0 saturated heterocycles. The Morgan fingerprint density at radius 2 is 2.22 bits per heavy atom. The summed E-state index contributed by atoms with van der Waals surface area (Å²) in [5.74, 6) is 1.35. The average molecular weight is 266 g/mol. The highest BCUT2D eigenvalue weighted by atomic mass is 35.5. The molecule has 0 amide bonds. The fourth-order valence-corrected chi connectivity index (χ4v) is 2.25. The summed E-state index contributed by atoms with van der Waals surface area (Å²) in [5, 5.41) is 4.73. The van der Waals surface area contributed by atoms with Crippen LogP contribution in [0, 0.1) is 0 Å². The summed E-state index contributed by atoms with van der Waals surface area (Å²) >= 11 is 6.27. The van der Waals surface area contributed by atoms with Gasteiger partial charge in [0.1, 0.15) is 11.6 Å². The van der Waals surface area contributed by atoms with Crippen molar-refractivity contribution in [1.29, 1.82) is 0 Å². The van der Waals surface area contributed by atoms with E-state index >= 15 is 0 Å². The third-order valence-electron chi connectivity index (χ3n) is 2.98. The highest BCUT2D eigenvalue weighted by Gasteiger charge is 2.17. The minimum atomic E-state index is 0.261. The standard InChI is InChI=1S/C12H12ClN3O2/c1-16-12(14)9(4-15-16)8-3-11-7(2-10(8)13)5-17-6-18-11/h2-4H,5-6,14H2,1H3. The molecule has 18 heavy (non-hydrogen) atoms. The SMILES string of the molecule is Cn1ncc(-c2cc3c(cc2Cl)COCO3)c1N. The first-order chi connectivity index (χ1) is 8.66. The van der Waals surface area contributed by atoms with Crippen molar-refractivity contribution in [1.82, 2.24) is 9.78 Å². The third-order valence-corrected chi connectivity index (χ3v) is 3.29. The number of anilines is 1. The van der Waals surface area contributed by atoms with Crippen LogP contribution in [0.3, 0.4) is 0 Å². The Balaban J connectivity index is 2.15. The normalized spacial score (nSPS) is 14.1. The summed E-state index contributed by atoms with van der Waals surface area (Å²) < 4.78 is 12.2. The lowest BCUT2D eigenvalue weighted by molar-refractivity contribution is -0.0163. The highest BCUT2D eigenvalue weighted by Crippen LogP contribution is 2.37. The fourth-order valence-electron chi connectivity index (χ4n) is 1.96. The van der Waals surface area contributed by atoms with E-state index in [1.54, 1.807) is 17.9 Å². The lowest BCUT2D eigenvalue weighted by Gasteiger charge is -2.19. The van der Waals surface area contributed by atoms with Crippen LogP contribution in [0.15, 0.2) is 18.3 Å². The third kappa shape index (κ3) is 1.72. The van der Waals surface area contributed by atoms with Crippen molar-refractivity contribution < 1.29 is 9.47 Å². The van der Waals surface area contributed by atoms with Crippen LogP contribution in [0.5, 0.6) is 5.75 Å². The molecule has 0 fully saturated rings. The molecule has 6 heteroatoms. The van der Waals surface area contributed by atoms with Gasteiger partial charge in [-0.3, -0.25) is 4.68 Å². The van der Waals surface area contributed by atoms with E-state index in [2.05, 4.69) is 5.10 Å². The highest BCUT2D eigenvalue weighted by molar-refractivity contribution is 6.33. The fraction of sp³-hybridized carbons (Fsp3) is 0.250. The minimum absolute atomic E-state index is 0.261. The van der Waals surface area contributed by atoms with E-state index in [1.807, 2.05) is 12.1 Å². The van der Waals surface area contributed by atoms with E-state index in [0.29, 0.717) is 17.4 Å². The molecule has 2 aromatic rings. The van der Waals surface area contributed by atoms with Crippen molar-refractivity contribution in [2.75, 3.05) is 12.5 Å². The molecule has 1 aliphatic rings. The molecule has 0 radical (unpaired) electrons. The molecule has 5 nitrogen and oxygen atoms in total. The molecule has 1 aromatic heterocycles. The van der Waals surface area contributed by atoms with Crippen molar-refractivity contribution in [3.8, 4) is 16.9 Å². The maximum atomic E-state index is 6.27. The summed E-state index contributed by atoms with van der Waals surface area (Å²) in [7, 11) is 1.79. The predicted octanol–water partition coefficient (Wildman–Crippen LogP) is 2.19. The number of nitrogen functional groups attached to an aromatic ring is 1. The van der Waals surface area contributed by atoms with E-state index in [1.165, 1.54) is 0 Å². The van der Waals surface area contributed by atoms with Gasteiger partial charge in [-0.2, -0.15) is 5.10 Å². The summed E-state index contributed by atoms with van der Waals surface area (Å²) in [6, 6.07) is 3.73. The van der Waals surface area contributed by atoms with E-state index in [4.69, 9.17) is 26.8 Å². The largest absolute Gasteiger partial charge is 0.467 e. The van der Waals surface area contributed by atoms with Crippen LogP contribution in [0.1, 0.15) is 5.56 Å². The molecule has 3 rings (SSSR count). The molecule has 0 spiro atoms. The number of nitrogens with zero attached hydrogens (tertiary/aromatic N) is 2. The number of hydrogen-bond acceptors (Lipinski definition) is 4. The molecular weight excluding hydrogens is 254 g/mol. The van der Waals surface area contributed by atoms with Gasteiger partial charge in [-0.15, -0.1) is 0 Å². The van der Waals surface area contributed by atoms with Crippen molar-refractivity contribution in [3.05, 3.63) is 28.9 Å². The topological polar surface area (TPSA) is 62.3 Å². The molecule has 1 aromatic carbocycles.